The predicted molar refractivity (Wildman–Crippen MR) is 72.4 cm³/mol. The quantitative estimate of drug-likeness (QED) is 0.754. The van der Waals surface area contributed by atoms with Gasteiger partial charge in [-0.25, -0.2) is 13.1 Å². The summed E-state index contributed by atoms with van der Waals surface area (Å²) in [7, 11) is -3.85. The maximum atomic E-state index is 11.9. The van der Waals surface area contributed by atoms with Crippen LogP contribution in [0.2, 0.25) is 0 Å². The molecule has 0 fully saturated rings. The van der Waals surface area contributed by atoms with Crippen molar-refractivity contribution in [3.05, 3.63) is 35.4 Å². The molecule has 0 spiro atoms. The van der Waals surface area contributed by atoms with Crippen molar-refractivity contribution in [2.45, 2.75) is 25.5 Å². The van der Waals surface area contributed by atoms with Gasteiger partial charge in [0.1, 0.15) is 0 Å². The van der Waals surface area contributed by atoms with Gasteiger partial charge in [0.05, 0.1) is 18.8 Å². The molecule has 0 amide bonds. The number of fused-ring (bicyclic) bond motifs is 1. The Labute approximate surface area is 117 Å². The van der Waals surface area contributed by atoms with Crippen LogP contribution in [-0.2, 0) is 26.0 Å². The van der Waals surface area contributed by atoms with Gasteiger partial charge in [0.15, 0.2) is 5.75 Å². The van der Waals surface area contributed by atoms with Gasteiger partial charge in [0, 0.05) is 6.42 Å². The van der Waals surface area contributed by atoms with Gasteiger partial charge < -0.3 is 9.84 Å². The number of aliphatic hydroxyl groups is 1. The molecule has 20 heavy (non-hydrogen) atoms. The van der Waals surface area contributed by atoms with Crippen LogP contribution in [-0.4, -0.2) is 38.0 Å². The molecule has 0 aromatic heterocycles. The summed E-state index contributed by atoms with van der Waals surface area (Å²) in [5.41, 5.74) is 1.65. The number of hydrogen-bond donors (Lipinski definition) is 2. The summed E-state index contributed by atoms with van der Waals surface area (Å²) in [4.78, 5) is 11.3. The van der Waals surface area contributed by atoms with Crippen LogP contribution in [0, 0.1) is 0 Å². The number of benzene rings is 1. The minimum Gasteiger partial charge on any atom is -0.465 e. The smallest absolute Gasteiger partial charge is 0.322 e. The molecule has 2 atom stereocenters. The Kier molecular flexibility index (Phi) is 4.42. The second-order valence-electron chi connectivity index (χ2n) is 4.63. The first-order valence-electron chi connectivity index (χ1n) is 6.34. The van der Waals surface area contributed by atoms with Gasteiger partial charge in [-0.05, 0) is 18.1 Å². The zero-order valence-electron chi connectivity index (χ0n) is 11.1. The molecule has 1 aliphatic rings. The molecule has 0 saturated heterocycles. The zero-order chi connectivity index (χ0) is 14.8. The first kappa shape index (κ1) is 15.0. The van der Waals surface area contributed by atoms with Crippen molar-refractivity contribution in [1.82, 2.24) is 4.72 Å². The van der Waals surface area contributed by atoms with Crippen LogP contribution in [0.5, 0.6) is 0 Å². The van der Waals surface area contributed by atoms with Crippen LogP contribution in [0.1, 0.15) is 24.1 Å². The molecule has 0 aliphatic heterocycles. The molecule has 6 nitrogen and oxygen atoms in total. The van der Waals surface area contributed by atoms with E-state index in [4.69, 9.17) is 0 Å². The molecule has 2 rings (SSSR count). The number of ether oxygens (including phenoxy) is 1. The monoisotopic (exact) mass is 299 g/mol. The predicted octanol–water partition coefficient (Wildman–Crippen LogP) is 0.127. The second kappa shape index (κ2) is 5.90. The van der Waals surface area contributed by atoms with Crippen molar-refractivity contribution in [2.24, 2.45) is 0 Å². The summed E-state index contributed by atoms with van der Waals surface area (Å²) in [6.45, 7) is 1.73. The Balaban J connectivity index is 2.12. The fourth-order valence-corrected chi connectivity index (χ4v) is 3.46. The molecule has 0 saturated carbocycles. The third-order valence-electron chi connectivity index (χ3n) is 3.12. The Morgan fingerprint density at radius 3 is 2.85 bits per heavy atom. The van der Waals surface area contributed by atoms with Crippen molar-refractivity contribution < 1.29 is 23.1 Å². The first-order chi connectivity index (χ1) is 9.43. The van der Waals surface area contributed by atoms with Crippen molar-refractivity contribution in [1.29, 1.82) is 0 Å². The number of esters is 1. The van der Waals surface area contributed by atoms with Gasteiger partial charge in [0.25, 0.3) is 0 Å². The summed E-state index contributed by atoms with van der Waals surface area (Å²) in [5.74, 6) is -1.55. The maximum absolute atomic E-state index is 11.9. The van der Waals surface area contributed by atoms with E-state index in [0.717, 1.165) is 11.1 Å². The van der Waals surface area contributed by atoms with Gasteiger partial charge in [-0.2, -0.15) is 0 Å². The molecular formula is C13H17NO5S. The Morgan fingerprint density at radius 1 is 1.45 bits per heavy atom. The number of rotatable bonds is 5. The number of carbonyl (C=O) groups is 1. The summed E-state index contributed by atoms with van der Waals surface area (Å²) in [6.07, 6.45) is -0.438. The van der Waals surface area contributed by atoms with Crippen LogP contribution in [0.15, 0.2) is 24.3 Å². The third-order valence-corrected chi connectivity index (χ3v) is 4.35. The molecule has 110 valence electrons. The lowest BCUT2D eigenvalue weighted by Crippen LogP contribution is -2.37. The number of carbonyl (C=O) groups excluding carboxylic acids is 1. The van der Waals surface area contributed by atoms with Crippen LogP contribution in [0.3, 0.4) is 0 Å². The molecule has 0 bridgehead atoms. The van der Waals surface area contributed by atoms with E-state index in [1.165, 1.54) is 0 Å². The highest BCUT2D eigenvalue weighted by molar-refractivity contribution is 7.90. The van der Waals surface area contributed by atoms with Gasteiger partial charge in [0.2, 0.25) is 10.0 Å². The van der Waals surface area contributed by atoms with Crippen LogP contribution < -0.4 is 4.72 Å². The molecule has 2 N–H and O–H groups in total. The second-order valence-corrected chi connectivity index (χ2v) is 6.38. The number of sulfonamides is 1. The van der Waals surface area contributed by atoms with Gasteiger partial charge in [-0.15, -0.1) is 0 Å². The van der Waals surface area contributed by atoms with Crippen LogP contribution in [0.4, 0.5) is 0 Å². The van der Waals surface area contributed by atoms with Crippen LogP contribution >= 0.6 is 0 Å². The molecular weight excluding hydrogens is 282 g/mol. The Hall–Kier alpha value is -1.44. The fraction of sp³-hybridized carbons (Fsp3) is 0.462. The Morgan fingerprint density at radius 2 is 2.15 bits per heavy atom. The van der Waals surface area contributed by atoms with Crippen molar-refractivity contribution >= 4 is 16.0 Å². The topological polar surface area (TPSA) is 92.7 Å². The summed E-state index contributed by atoms with van der Waals surface area (Å²) >= 11 is 0. The normalized spacial score (nSPS) is 21.5. The maximum Gasteiger partial charge on any atom is 0.322 e. The van der Waals surface area contributed by atoms with Gasteiger partial charge >= 0.3 is 5.97 Å². The van der Waals surface area contributed by atoms with Crippen molar-refractivity contribution in [3.8, 4) is 0 Å². The average molecular weight is 299 g/mol. The molecule has 7 heteroatoms. The largest absolute Gasteiger partial charge is 0.465 e. The average Bonchev–Trinajstić information content (AvgIpc) is 2.65. The Bertz CT molecular complexity index is 599. The van der Waals surface area contributed by atoms with Gasteiger partial charge in [-0.3, -0.25) is 4.79 Å². The number of hydrogen-bond acceptors (Lipinski definition) is 5. The lowest BCUT2D eigenvalue weighted by molar-refractivity contribution is -0.139. The van der Waals surface area contributed by atoms with E-state index < -0.39 is 33.9 Å². The number of nitrogens with one attached hydrogen (secondary N) is 1. The summed E-state index contributed by atoms with van der Waals surface area (Å²) in [6, 6.07) is 6.51. The SMILES string of the molecule is CCOC(=O)CS(=O)(=O)N[C@@H]1c2ccccc2C[C@@H]1O. The van der Waals surface area contributed by atoms with E-state index in [1.807, 2.05) is 12.1 Å². The summed E-state index contributed by atoms with van der Waals surface area (Å²) < 4.78 is 30.8. The molecule has 1 aromatic carbocycles. The molecule has 1 aromatic rings. The lowest BCUT2D eigenvalue weighted by Gasteiger charge is -2.17. The standard InChI is InChI=1S/C13H17NO5S/c1-2-19-12(16)8-20(17,18)14-13-10-6-4-3-5-9(10)7-11(13)15/h3-6,11,13-15H,2,7-8H2,1H3/t11-,13+/m0/s1. The third kappa shape index (κ3) is 3.36. The zero-order valence-corrected chi connectivity index (χ0v) is 11.9. The van der Waals surface area contributed by atoms with Crippen molar-refractivity contribution in [3.63, 3.8) is 0 Å². The van der Waals surface area contributed by atoms with Crippen LogP contribution in [0.25, 0.3) is 0 Å². The molecule has 1 aliphatic carbocycles. The highest BCUT2D eigenvalue weighted by Gasteiger charge is 2.34. The van der Waals surface area contributed by atoms with E-state index in [2.05, 4.69) is 9.46 Å². The van der Waals surface area contributed by atoms with E-state index in [1.54, 1.807) is 19.1 Å². The minimum atomic E-state index is -3.85. The van der Waals surface area contributed by atoms with Gasteiger partial charge in [-0.1, -0.05) is 24.3 Å². The first-order valence-corrected chi connectivity index (χ1v) is 7.99. The molecule has 0 unspecified atom stereocenters. The summed E-state index contributed by atoms with van der Waals surface area (Å²) in [5, 5.41) is 9.97. The van der Waals surface area contributed by atoms with E-state index in [-0.39, 0.29) is 6.61 Å². The van der Waals surface area contributed by atoms with E-state index >= 15 is 0 Å². The highest BCUT2D eigenvalue weighted by Crippen LogP contribution is 2.31. The minimum absolute atomic E-state index is 0.128. The number of aliphatic hydroxyl groups excluding tert-OH is 1. The van der Waals surface area contributed by atoms with E-state index in [9.17, 15) is 18.3 Å². The van der Waals surface area contributed by atoms with E-state index in [0.29, 0.717) is 6.42 Å². The lowest BCUT2D eigenvalue weighted by atomic mass is 10.1. The van der Waals surface area contributed by atoms with Crippen molar-refractivity contribution in [2.75, 3.05) is 12.4 Å². The molecule has 0 heterocycles. The highest BCUT2D eigenvalue weighted by atomic mass is 32.2. The molecule has 0 radical (unpaired) electrons. The fourth-order valence-electron chi connectivity index (χ4n) is 2.31.